The van der Waals surface area contributed by atoms with Crippen molar-refractivity contribution in [3.05, 3.63) is 0 Å². The van der Waals surface area contributed by atoms with Crippen molar-refractivity contribution in [2.24, 2.45) is 0 Å². The van der Waals surface area contributed by atoms with Crippen LogP contribution < -0.4 is 0 Å². The molecule has 0 heterocycles. The molecular formula is C28H84O5. The summed E-state index contributed by atoms with van der Waals surface area (Å²) >= 11 is 0. The van der Waals surface area contributed by atoms with E-state index in [1.165, 1.54) is 0 Å². The molecule has 0 aromatic rings. The van der Waals surface area contributed by atoms with E-state index in [1.807, 2.05) is 13.8 Å². The van der Waals surface area contributed by atoms with Crippen LogP contribution in [0.4, 0.5) is 0 Å². The van der Waals surface area contributed by atoms with Crippen molar-refractivity contribution < 1.29 is 24.2 Å². The minimum absolute atomic E-state index is 0. The molecule has 2 atom stereocenters. The molecule has 0 saturated carbocycles. The molecule has 226 valence electrons. The summed E-state index contributed by atoms with van der Waals surface area (Å²) in [6.45, 7) is 5.92. The average Bonchev–Trinajstić information content (AvgIpc) is 2.35. The van der Waals surface area contributed by atoms with Crippen molar-refractivity contribution in [1.29, 1.82) is 0 Å². The molecule has 0 fully saturated rings. The Morgan fingerprint density at radius 1 is 0.606 bits per heavy atom. The molecular weight excluding hydrogens is 416 g/mol. The van der Waals surface area contributed by atoms with Crippen LogP contribution in [0.15, 0.2) is 0 Å². The standard InChI is InChI=1S/C13H24O5.15CH4/c1-4-7-17-12(15)9-11(6-3)18-13(16)8-10(14)5-2;;;;;;;;;;;;;;;/h10-11,14H,4-9H2,1-3H3;15*1H4. The SMILES string of the molecule is C.C.C.C.C.C.C.C.C.C.C.C.C.C.C.CCCOC(=O)CC(CC)OC(=O)CC(O)CC. The van der Waals surface area contributed by atoms with Crippen LogP contribution in [0, 0.1) is 0 Å². The summed E-state index contributed by atoms with van der Waals surface area (Å²) in [5.74, 6) is -0.827. The lowest BCUT2D eigenvalue weighted by atomic mass is 10.2. The van der Waals surface area contributed by atoms with Crippen molar-refractivity contribution in [1.82, 2.24) is 0 Å². The fourth-order valence-corrected chi connectivity index (χ4v) is 1.30. The van der Waals surface area contributed by atoms with Crippen molar-refractivity contribution in [3.63, 3.8) is 0 Å². The second kappa shape index (κ2) is 77.3. The molecule has 5 nitrogen and oxygen atoms in total. The lowest BCUT2D eigenvalue weighted by Gasteiger charge is -2.16. The molecule has 0 amide bonds. The van der Waals surface area contributed by atoms with Crippen molar-refractivity contribution in [3.8, 4) is 0 Å². The molecule has 2 unspecified atom stereocenters. The summed E-state index contributed by atoms with van der Waals surface area (Å²) < 4.78 is 10.1. The number of ether oxygens (including phenoxy) is 2. The third-order valence-electron chi connectivity index (χ3n) is 2.49. The molecule has 0 spiro atoms. The summed E-state index contributed by atoms with van der Waals surface area (Å²) in [6.07, 6.45) is 0.722. The van der Waals surface area contributed by atoms with Gasteiger partial charge >= 0.3 is 11.9 Å². The number of carbonyl (C=O) groups excluding carboxylic acids is 2. The number of esters is 2. The zero-order chi connectivity index (χ0) is 14.0. The van der Waals surface area contributed by atoms with Crippen molar-refractivity contribution in [2.75, 3.05) is 6.61 Å². The molecule has 0 aromatic carbocycles. The number of hydrogen-bond acceptors (Lipinski definition) is 5. The van der Waals surface area contributed by atoms with Gasteiger partial charge in [-0.2, -0.15) is 0 Å². The maximum atomic E-state index is 11.4. The highest BCUT2D eigenvalue weighted by Gasteiger charge is 2.19. The predicted octanol–water partition coefficient (Wildman–Crippen LogP) is 11.4. The first-order valence-electron chi connectivity index (χ1n) is 6.56. The Morgan fingerprint density at radius 2 is 0.970 bits per heavy atom. The Labute approximate surface area is 219 Å². The van der Waals surface area contributed by atoms with Gasteiger partial charge in [-0.25, -0.2) is 0 Å². The van der Waals surface area contributed by atoms with Gasteiger partial charge in [0.1, 0.15) is 6.10 Å². The quantitative estimate of drug-likeness (QED) is 0.318. The zero-order valence-electron chi connectivity index (χ0n) is 11.5. The summed E-state index contributed by atoms with van der Waals surface area (Å²) in [7, 11) is 0. The molecule has 0 aliphatic heterocycles. The van der Waals surface area contributed by atoms with Crippen LogP contribution >= 0.6 is 0 Å². The molecule has 0 radical (unpaired) electrons. The van der Waals surface area contributed by atoms with Crippen LogP contribution in [0.3, 0.4) is 0 Å². The summed E-state index contributed by atoms with van der Waals surface area (Å²) in [6, 6.07) is 0. The maximum absolute atomic E-state index is 11.4. The number of hydrogen-bond donors (Lipinski definition) is 1. The van der Waals surface area contributed by atoms with Gasteiger partial charge in [-0.05, 0) is 19.3 Å². The molecule has 33 heavy (non-hydrogen) atoms. The van der Waals surface area contributed by atoms with E-state index < -0.39 is 18.2 Å². The topological polar surface area (TPSA) is 72.8 Å². The monoisotopic (exact) mass is 501 g/mol. The molecule has 0 aromatic heterocycles. The van der Waals surface area contributed by atoms with E-state index in [4.69, 9.17) is 9.47 Å². The highest BCUT2D eigenvalue weighted by atomic mass is 16.6. The van der Waals surface area contributed by atoms with E-state index in [-0.39, 0.29) is 130 Å². The Kier molecular flexibility index (Phi) is 282. The molecule has 0 rings (SSSR count). The van der Waals surface area contributed by atoms with Crippen molar-refractivity contribution >= 4 is 11.9 Å². The van der Waals surface area contributed by atoms with Gasteiger partial charge in [0.2, 0.25) is 0 Å². The largest absolute Gasteiger partial charge is 0.466 e. The third kappa shape index (κ3) is 72.2. The smallest absolute Gasteiger partial charge is 0.309 e. The summed E-state index contributed by atoms with van der Waals surface area (Å²) in [5.41, 5.74) is 0. The van der Waals surface area contributed by atoms with Crippen LogP contribution in [0.1, 0.15) is 164 Å². The summed E-state index contributed by atoms with van der Waals surface area (Å²) in [5, 5.41) is 9.32. The van der Waals surface area contributed by atoms with Gasteiger partial charge in [0, 0.05) is 0 Å². The lowest BCUT2D eigenvalue weighted by Crippen LogP contribution is -2.24. The van der Waals surface area contributed by atoms with Crippen LogP contribution in [-0.4, -0.2) is 35.9 Å². The van der Waals surface area contributed by atoms with Gasteiger partial charge < -0.3 is 14.6 Å². The normalized spacial score (nSPS) is 7.52. The third-order valence-corrected chi connectivity index (χ3v) is 2.49. The Hall–Kier alpha value is -1.10. The van der Waals surface area contributed by atoms with Gasteiger partial charge in [0.15, 0.2) is 0 Å². The van der Waals surface area contributed by atoms with Gasteiger partial charge in [-0.1, -0.05) is 132 Å². The Bertz CT molecular complexity index is 257. The minimum atomic E-state index is -0.679. The zero-order valence-corrected chi connectivity index (χ0v) is 11.5. The van der Waals surface area contributed by atoms with Crippen LogP contribution in [0.25, 0.3) is 0 Å². The Morgan fingerprint density at radius 3 is 1.24 bits per heavy atom. The van der Waals surface area contributed by atoms with E-state index in [1.54, 1.807) is 6.92 Å². The van der Waals surface area contributed by atoms with Crippen LogP contribution in [0.5, 0.6) is 0 Å². The fraction of sp³-hybridized carbons (Fsp3) is 0.929. The number of carbonyl (C=O) groups is 2. The predicted molar refractivity (Wildman–Crippen MR) is 168 cm³/mol. The number of rotatable bonds is 9. The van der Waals surface area contributed by atoms with E-state index in [0.29, 0.717) is 19.4 Å². The first-order chi connectivity index (χ1) is 8.53. The van der Waals surface area contributed by atoms with E-state index in [2.05, 4.69) is 0 Å². The number of aliphatic hydroxyl groups excluding tert-OH is 1. The Balaban J connectivity index is -0.0000000138. The van der Waals surface area contributed by atoms with E-state index in [0.717, 1.165) is 6.42 Å². The fourth-order valence-electron chi connectivity index (χ4n) is 1.30. The van der Waals surface area contributed by atoms with Gasteiger partial charge in [0.25, 0.3) is 0 Å². The molecule has 0 aliphatic rings. The number of aliphatic hydroxyl groups is 1. The second-order valence-corrected chi connectivity index (χ2v) is 4.21. The molecule has 0 bridgehead atoms. The first kappa shape index (κ1) is 120. The molecule has 0 aliphatic carbocycles. The average molecular weight is 501 g/mol. The highest BCUT2D eigenvalue weighted by Crippen LogP contribution is 2.08. The van der Waals surface area contributed by atoms with Crippen LogP contribution in [-0.2, 0) is 19.1 Å². The first-order valence-corrected chi connectivity index (χ1v) is 6.56. The lowest BCUT2D eigenvalue weighted by molar-refractivity contribution is -0.156. The highest BCUT2D eigenvalue weighted by molar-refractivity contribution is 5.72. The van der Waals surface area contributed by atoms with Gasteiger partial charge in [-0.15, -0.1) is 0 Å². The van der Waals surface area contributed by atoms with E-state index >= 15 is 0 Å². The summed E-state index contributed by atoms with van der Waals surface area (Å²) in [4.78, 5) is 22.8. The van der Waals surface area contributed by atoms with E-state index in [9.17, 15) is 14.7 Å². The molecule has 0 saturated heterocycles. The van der Waals surface area contributed by atoms with Gasteiger partial charge in [0.05, 0.1) is 25.6 Å². The molecule has 1 N–H and O–H groups in total. The van der Waals surface area contributed by atoms with Crippen LogP contribution in [0.2, 0.25) is 0 Å². The maximum Gasteiger partial charge on any atom is 0.309 e. The van der Waals surface area contributed by atoms with Gasteiger partial charge in [-0.3, -0.25) is 9.59 Å². The minimum Gasteiger partial charge on any atom is -0.466 e. The molecule has 5 heteroatoms. The second-order valence-electron chi connectivity index (χ2n) is 4.21. The van der Waals surface area contributed by atoms with Crippen molar-refractivity contribution in [2.45, 2.75) is 176 Å².